The van der Waals surface area contributed by atoms with Crippen LogP contribution in [0, 0.1) is 13.8 Å². The van der Waals surface area contributed by atoms with Crippen molar-refractivity contribution in [1.29, 1.82) is 0 Å². The Balaban J connectivity index is 1.70. The highest BCUT2D eigenvalue weighted by molar-refractivity contribution is 7.92. The second-order valence-corrected chi connectivity index (χ2v) is 13.6. The number of amides is 2. The number of carbonyl (C=O) groups is 2. The van der Waals surface area contributed by atoms with E-state index < -0.39 is 28.5 Å². The first-order chi connectivity index (χ1) is 20.0. The van der Waals surface area contributed by atoms with Gasteiger partial charge >= 0.3 is 0 Å². The third kappa shape index (κ3) is 7.65. The van der Waals surface area contributed by atoms with Gasteiger partial charge in [0.25, 0.3) is 10.0 Å². The maximum absolute atomic E-state index is 14.1. The van der Waals surface area contributed by atoms with Crippen molar-refractivity contribution in [3.63, 3.8) is 0 Å². The van der Waals surface area contributed by atoms with Crippen LogP contribution in [0.25, 0.3) is 0 Å². The Morgan fingerprint density at radius 1 is 0.929 bits per heavy atom. The Morgan fingerprint density at radius 2 is 1.62 bits per heavy atom. The fraction of sp³-hybridized carbons (Fsp3) is 0.375. The molecule has 7 nitrogen and oxygen atoms in total. The van der Waals surface area contributed by atoms with E-state index in [4.69, 9.17) is 23.2 Å². The summed E-state index contributed by atoms with van der Waals surface area (Å²) in [6.07, 6.45) is 5.03. The molecule has 1 aliphatic carbocycles. The van der Waals surface area contributed by atoms with Crippen LogP contribution in [0.3, 0.4) is 0 Å². The van der Waals surface area contributed by atoms with Crippen LogP contribution in [0.15, 0.2) is 71.6 Å². The van der Waals surface area contributed by atoms with Gasteiger partial charge in [-0.15, -0.1) is 0 Å². The third-order valence-electron chi connectivity index (χ3n) is 7.86. The van der Waals surface area contributed by atoms with E-state index in [0.717, 1.165) is 47.5 Å². The first kappa shape index (κ1) is 31.9. The molecular weight excluding hydrogens is 593 g/mol. The molecule has 2 amide bonds. The maximum atomic E-state index is 14.1. The lowest BCUT2D eigenvalue weighted by Gasteiger charge is -2.33. The molecule has 0 aromatic heterocycles. The summed E-state index contributed by atoms with van der Waals surface area (Å²) in [4.78, 5) is 29.1. The predicted molar refractivity (Wildman–Crippen MR) is 168 cm³/mol. The molecule has 1 atom stereocenters. The quantitative estimate of drug-likeness (QED) is 0.271. The highest BCUT2D eigenvalue weighted by atomic mass is 35.5. The van der Waals surface area contributed by atoms with E-state index in [-0.39, 0.29) is 23.4 Å². The van der Waals surface area contributed by atoms with Gasteiger partial charge in [0.15, 0.2) is 0 Å². The number of anilines is 1. The fourth-order valence-electron chi connectivity index (χ4n) is 5.11. The highest BCUT2D eigenvalue weighted by Crippen LogP contribution is 2.28. The molecule has 3 aromatic rings. The normalized spacial score (nSPS) is 14.7. The summed E-state index contributed by atoms with van der Waals surface area (Å²) in [5.41, 5.74) is 2.84. The minimum Gasteiger partial charge on any atom is -0.352 e. The summed E-state index contributed by atoms with van der Waals surface area (Å²) in [7, 11) is -4.13. The fourth-order valence-corrected chi connectivity index (χ4v) is 7.01. The van der Waals surface area contributed by atoms with E-state index in [1.807, 2.05) is 19.9 Å². The van der Waals surface area contributed by atoms with Crippen molar-refractivity contribution in [1.82, 2.24) is 10.2 Å². The molecule has 0 radical (unpaired) electrons. The number of carbonyl (C=O) groups excluding carboxylic acids is 2. The second-order valence-electron chi connectivity index (χ2n) is 10.9. The minimum atomic E-state index is -4.13. The lowest BCUT2D eigenvalue weighted by Crippen LogP contribution is -2.53. The Kier molecular flexibility index (Phi) is 10.6. The third-order valence-corrected chi connectivity index (χ3v) is 10.2. The van der Waals surface area contributed by atoms with Crippen LogP contribution >= 0.6 is 23.2 Å². The molecular formula is C32H37Cl2N3O4S. The molecule has 3 aromatic carbocycles. The molecule has 0 aliphatic heterocycles. The van der Waals surface area contributed by atoms with E-state index in [0.29, 0.717) is 21.3 Å². The first-order valence-corrected chi connectivity index (χ1v) is 16.4. The van der Waals surface area contributed by atoms with Gasteiger partial charge in [-0.3, -0.25) is 13.9 Å². The summed E-state index contributed by atoms with van der Waals surface area (Å²) in [5.74, 6) is -0.825. The lowest BCUT2D eigenvalue weighted by molar-refractivity contribution is -0.139. The van der Waals surface area contributed by atoms with Crippen molar-refractivity contribution in [3.8, 4) is 0 Å². The average Bonchev–Trinajstić information content (AvgIpc) is 2.97. The van der Waals surface area contributed by atoms with Crippen molar-refractivity contribution in [3.05, 3.63) is 93.5 Å². The van der Waals surface area contributed by atoms with Gasteiger partial charge in [0.2, 0.25) is 11.8 Å². The van der Waals surface area contributed by atoms with Crippen LogP contribution in [0.2, 0.25) is 10.0 Å². The number of hydrogen-bond acceptors (Lipinski definition) is 4. The van der Waals surface area contributed by atoms with Crippen LogP contribution in [0.5, 0.6) is 0 Å². The Bertz CT molecular complexity index is 1530. The van der Waals surface area contributed by atoms with Gasteiger partial charge in [0, 0.05) is 22.6 Å². The minimum absolute atomic E-state index is 0.000237. The van der Waals surface area contributed by atoms with Gasteiger partial charge in [-0.05, 0) is 86.7 Å². The molecule has 1 N–H and O–H groups in total. The average molecular weight is 631 g/mol. The summed E-state index contributed by atoms with van der Waals surface area (Å²) in [5, 5.41) is 3.89. The van der Waals surface area contributed by atoms with Crippen LogP contribution in [-0.2, 0) is 26.2 Å². The molecule has 1 saturated carbocycles. The number of nitrogens with one attached hydrogen (secondary N) is 1. The highest BCUT2D eigenvalue weighted by Gasteiger charge is 2.33. The molecule has 4 rings (SSSR count). The summed E-state index contributed by atoms with van der Waals surface area (Å²) in [6.45, 7) is 4.98. The van der Waals surface area contributed by atoms with Crippen molar-refractivity contribution in [2.45, 2.75) is 76.4 Å². The predicted octanol–water partition coefficient (Wildman–Crippen LogP) is 6.67. The van der Waals surface area contributed by atoms with Gasteiger partial charge in [-0.25, -0.2) is 8.42 Å². The van der Waals surface area contributed by atoms with E-state index in [1.54, 1.807) is 55.5 Å². The van der Waals surface area contributed by atoms with Crippen LogP contribution in [-0.4, -0.2) is 43.8 Å². The molecule has 1 fully saturated rings. The van der Waals surface area contributed by atoms with Crippen molar-refractivity contribution >= 4 is 50.7 Å². The molecule has 42 heavy (non-hydrogen) atoms. The van der Waals surface area contributed by atoms with E-state index >= 15 is 0 Å². The van der Waals surface area contributed by atoms with E-state index in [9.17, 15) is 18.0 Å². The zero-order chi connectivity index (χ0) is 30.4. The molecule has 1 unspecified atom stereocenters. The standard InChI is InChI=1S/C32H37Cl2N3O4S/c1-22-14-17-28(18-23(22)2)37(42(40,41)29-12-8-5-9-13-29)21-31(38)36(20-25-15-16-26(33)19-30(25)34)24(3)32(39)35-27-10-6-4-7-11-27/h5,8-9,12-19,24,27H,4,6-7,10-11,20-21H2,1-3H3,(H,35,39). The summed E-state index contributed by atoms with van der Waals surface area (Å²) in [6, 6.07) is 17.4. The number of rotatable bonds is 10. The number of benzene rings is 3. The molecule has 224 valence electrons. The van der Waals surface area contributed by atoms with Gasteiger partial charge in [-0.1, -0.05) is 72.8 Å². The van der Waals surface area contributed by atoms with Crippen LogP contribution in [0.1, 0.15) is 55.7 Å². The van der Waals surface area contributed by atoms with Crippen LogP contribution < -0.4 is 9.62 Å². The van der Waals surface area contributed by atoms with E-state index in [1.165, 1.54) is 17.0 Å². The Labute approximate surface area is 258 Å². The smallest absolute Gasteiger partial charge is 0.264 e. The molecule has 0 heterocycles. The van der Waals surface area contributed by atoms with Gasteiger partial charge in [0.1, 0.15) is 12.6 Å². The van der Waals surface area contributed by atoms with E-state index in [2.05, 4.69) is 5.32 Å². The molecule has 0 saturated heterocycles. The van der Waals surface area contributed by atoms with Gasteiger partial charge in [-0.2, -0.15) is 0 Å². The summed E-state index contributed by atoms with van der Waals surface area (Å²) < 4.78 is 29.0. The van der Waals surface area contributed by atoms with Crippen molar-refractivity contribution < 1.29 is 18.0 Å². The number of aryl methyl sites for hydroxylation is 2. The lowest BCUT2D eigenvalue weighted by atomic mass is 9.95. The zero-order valence-corrected chi connectivity index (χ0v) is 26.5. The largest absolute Gasteiger partial charge is 0.352 e. The molecule has 0 spiro atoms. The topological polar surface area (TPSA) is 86.8 Å². The second kappa shape index (κ2) is 13.9. The maximum Gasteiger partial charge on any atom is 0.264 e. The molecule has 10 heteroatoms. The monoisotopic (exact) mass is 629 g/mol. The number of nitrogens with zero attached hydrogens (tertiary/aromatic N) is 2. The molecule has 1 aliphatic rings. The Hall–Kier alpha value is -3.07. The SMILES string of the molecule is Cc1ccc(N(CC(=O)N(Cc2ccc(Cl)cc2Cl)C(C)C(=O)NC2CCCCC2)S(=O)(=O)c2ccccc2)cc1C. The van der Waals surface area contributed by atoms with Crippen LogP contribution in [0.4, 0.5) is 5.69 Å². The first-order valence-electron chi connectivity index (χ1n) is 14.2. The molecule has 0 bridgehead atoms. The number of hydrogen-bond donors (Lipinski definition) is 1. The van der Waals surface area contributed by atoms with Crippen molar-refractivity contribution in [2.75, 3.05) is 10.8 Å². The summed E-state index contributed by atoms with van der Waals surface area (Å²) >= 11 is 12.6. The number of sulfonamides is 1. The van der Waals surface area contributed by atoms with Gasteiger partial charge < -0.3 is 10.2 Å². The Morgan fingerprint density at radius 3 is 2.26 bits per heavy atom. The van der Waals surface area contributed by atoms with Crippen molar-refractivity contribution in [2.24, 2.45) is 0 Å². The number of halogens is 2. The zero-order valence-electron chi connectivity index (χ0n) is 24.1. The van der Waals surface area contributed by atoms with Gasteiger partial charge in [0.05, 0.1) is 10.6 Å².